The molecule has 1 N–H and O–H groups in total. The van der Waals surface area contributed by atoms with Crippen molar-refractivity contribution >= 4 is 30.2 Å². The van der Waals surface area contributed by atoms with Crippen molar-refractivity contribution in [2.45, 2.75) is 0 Å². The maximum absolute atomic E-state index is 10.1. The second kappa shape index (κ2) is 4.21. The van der Waals surface area contributed by atoms with Crippen LogP contribution < -0.4 is 5.46 Å². The van der Waals surface area contributed by atoms with E-state index in [1.54, 1.807) is 24.3 Å². The molecule has 1 aromatic rings. The van der Waals surface area contributed by atoms with Crippen LogP contribution in [0.3, 0.4) is 0 Å². The molecule has 5 heteroatoms. The van der Waals surface area contributed by atoms with Crippen molar-refractivity contribution in [1.29, 1.82) is 0 Å². The lowest BCUT2D eigenvalue weighted by molar-refractivity contribution is 0.587. The fourth-order valence-corrected chi connectivity index (χ4v) is 1.28. The minimum absolute atomic E-state index is 0.300. The summed E-state index contributed by atoms with van der Waals surface area (Å²) in [5, 5.41) is 11.9. The molecule has 0 amide bonds. The van der Waals surface area contributed by atoms with Gasteiger partial charge in [-0.1, -0.05) is 47.5 Å². The molecule has 0 saturated carbocycles. The highest BCUT2D eigenvalue weighted by Gasteiger charge is 2.19. The number of hydrogen-bond acceptors (Lipinski definition) is 3. The van der Waals surface area contributed by atoms with Crippen molar-refractivity contribution in [3.8, 4) is 0 Å². The number of nitroso groups, excluding NO2 is 1. The van der Waals surface area contributed by atoms with Gasteiger partial charge in [0.05, 0.1) is 0 Å². The average Bonchev–Trinajstić information content (AvgIpc) is 2.17. The Bertz CT molecular complexity index is 343. The van der Waals surface area contributed by atoms with E-state index in [0.29, 0.717) is 16.0 Å². The van der Waals surface area contributed by atoms with E-state index < -0.39 is 7.05 Å². The third kappa shape index (κ3) is 1.97. The van der Waals surface area contributed by atoms with Gasteiger partial charge in [-0.05, 0) is 11.0 Å². The molecular weight excluding hydrogens is 188 g/mol. The summed E-state index contributed by atoms with van der Waals surface area (Å²) in [6, 6.07) is 4.95. The molecule has 0 radical (unpaired) electrons. The molecule has 0 heterocycles. The summed E-state index contributed by atoms with van der Waals surface area (Å²) < 4.78 is 0. The van der Waals surface area contributed by atoms with E-state index in [1.807, 2.05) is 0 Å². The van der Waals surface area contributed by atoms with Crippen molar-refractivity contribution in [2.75, 3.05) is 0 Å². The first-order valence-electron chi connectivity index (χ1n) is 3.62. The Morgan fingerprint density at radius 1 is 1.62 bits per heavy atom. The second-order valence-electron chi connectivity index (χ2n) is 2.43. The van der Waals surface area contributed by atoms with Crippen molar-refractivity contribution in [1.82, 2.24) is 0 Å². The SMILES string of the molecule is C=Cc1cccc(B(O)N=O)c1Cl. The van der Waals surface area contributed by atoms with Crippen LogP contribution in [0.15, 0.2) is 29.9 Å². The maximum Gasteiger partial charge on any atom is 0.519 e. The molecule has 0 fully saturated rings. The quantitative estimate of drug-likeness (QED) is 0.586. The Kier molecular flexibility index (Phi) is 3.22. The lowest BCUT2D eigenvalue weighted by Gasteiger charge is -2.03. The van der Waals surface area contributed by atoms with Gasteiger partial charge in [-0.3, -0.25) is 0 Å². The molecule has 0 bridgehead atoms. The fourth-order valence-electron chi connectivity index (χ4n) is 0.982. The van der Waals surface area contributed by atoms with Crippen molar-refractivity contribution in [2.24, 2.45) is 5.09 Å². The summed E-state index contributed by atoms with van der Waals surface area (Å²) in [6.07, 6.45) is 1.54. The summed E-state index contributed by atoms with van der Waals surface area (Å²) in [7, 11) is -1.41. The van der Waals surface area contributed by atoms with Crippen LogP contribution in [0, 0.1) is 4.91 Å². The molecule has 0 atom stereocenters. The average molecular weight is 195 g/mol. The van der Waals surface area contributed by atoms with Gasteiger partial charge in [0.1, 0.15) is 0 Å². The molecule has 0 unspecified atom stereocenters. The van der Waals surface area contributed by atoms with E-state index in [4.69, 9.17) is 16.6 Å². The number of rotatable bonds is 3. The monoisotopic (exact) mass is 195 g/mol. The van der Waals surface area contributed by atoms with Crippen LogP contribution in [-0.2, 0) is 0 Å². The third-order valence-electron chi connectivity index (χ3n) is 1.66. The van der Waals surface area contributed by atoms with Gasteiger partial charge in [-0.25, -0.2) is 0 Å². The van der Waals surface area contributed by atoms with E-state index in [0.717, 1.165) is 0 Å². The van der Waals surface area contributed by atoms with Gasteiger partial charge in [-0.15, -0.1) is 0 Å². The van der Waals surface area contributed by atoms with Crippen LogP contribution in [0.2, 0.25) is 5.02 Å². The Morgan fingerprint density at radius 3 is 2.85 bits per heavy atom. The molecule has 3 nitrogen and oxygen atoms in total. The number of halogens is 1. The molecular formula is C8H7BClNO2. The topological polar surface area (TPSA) is 49.7 Å². The maximum atomic E-state index is 10.1. The summed E-state index contributed by atoms with van der Waals surface area (Å²) in [6.45, 7) is 3.54. The highest BCUT2D eigenvalue weighted by atomic mass is 35.5. The van der Waals surface area contributed by atoms with Crippen molar-refractivity contribution in [3.63, 3.8) is 0 Å². The predicted octanol–water partition coefficient (Wildman–Crippen LogP) is 1.44. The van der Waals surface area contributed by atoms with Crippen LogP contribution in [0.25, 0.3) is 6.08 Å². The van der Waals surface area contributed by atoms with E-state index in [2.05, 4.69) is 11.7 Å². The minimum atomic E-state index is -1.41. The first-order chi connectivity index (χ1) is 6.20. The van der Waals surface area contributed by atoms with E-state index >= 15 is 0 Å². The minimum Gasteiger partial charge on any atom is -0.425 e. The molecule has 0 saturated heterocycles. The van der Waals surface area contributed by atoms with E-state index in [-0.39, 0.29) is 0 Å². The molecule has 0 aliphatic carbocycles. The van der Waals surface area contributed by atoms with Gasteiger partial charge in [-0.2, -0.15) is 4.91 Å². The Balaban J connectivity index is 3.22. The Hall–Kier alpha value is -1.13. The van der Waals surface area contributed by atoms with Gasteiger partial charge in [0.25, 0.3) is 0 Å². The van der Waals surface area contributed by atoms with Gasteiger partial charge in [0.2, 0.25) is 0 Å². The second-order valence-corrected chi connectivity index (χ2v) is 2.81. The third-order valence-corrected chi connectivity index (χ3v) is 2.09. The fraction of sp³-hybridized carbons (Fsp3) is 0. The van der Waals surface area contributed by atoms with Gasteiger partial charge in [0, 0.05) is 5.02 Å². The van der Waals surface area contributed by atoms with E-state index in [9.17, 15) is 4.91 Å². The number of nitrogens with zero attached hydrogens (tertiary/aromatic N) is 1. The van der Waals surface area contributed by atoms with Crippen LogP contribution in [0.1, 0.15) is 5.56 Å². The molecule has 66 valence electrons. The molecule has 1 aromatic carbocycles. The summed E-state index contributed by atoms with van der Waals surface area (Å²) >= 11 is 5.85. The molecule has 1 rings (SSSR count). The largest absolute Gasteiger partial charge is 0.519 e. The molecule has 0 aliphatic heterocycles. The molecule has 13 heavy (non-hydrogen) atoms. The van der Waals surface area contributed by atoms with Crippen molar-refractivity contribution in [3.05, 3.63) is 40.3 Å². The predicted molar refractivity (Wildman–Crippen MR) is 54.9 cm³/mol. The molecule has 0 spiro atoms. The zero-order chi connectivity index (χ0) is 9.84. The molecule has 0 aliphatic rings. The lowest BCUT2D eigenvalue weighted by atomic mass is 9.75. The van der Waals surface area contributed by atoms with Crippen molar-refractivity contribution < 1.29 is 5.02 Å². The van der Waals surface area contributed by atoms with Crippen LogP contribution in [-0.4, -0.2) is 12.1 Å². The zero-order valence-corrected chi connectivity index (χ0v) is 7.53. The first-order valence-corrected chi connectivity index (χ1v) is 4.00. The summed E-state index contributed by atoms with van der Waals surface area (Å²) in [4.78, 5) is 10.1. The lowest BCUT2D eigenvalue weighted by Crippen LogP contribution is -2.28. The molecule has 0 aromatic heterocycles. The Labute approximate surface area is 81.1 Å². The van der Waals surface area contributed by atoms with Gasteiger partial charge < -0.3 is 5.02 Å². The highest BCUT2D eigenvalue weighted by Crippen LogP contribution is 2.14. The first kappa shape index (κ1) is 9.96. The van der Waals surface area contributed by atoms with Crippen LogP contribution in [0.5, 0.6) is 0 Å². The summed E-state index contributed by atoms with van der Waals surface area (Å²) in [5.41, 5.74) is 0.968. The van der Waals surface area contributed by atoms with Crippen LogP contribution >= 0.6 is 11.6 Å². The van der Waals surface area contributed by atoms with E-state index in [1.165, 1.54) is 0 Å². The normalized spacial score (nSPS) is 9.38. The highest BCUT2D eigenvalue weighted by molar-refractivity contribution is 6.67. The Morgan fingerprint density at radius 2 is 2.31 bits per heavy atom. The number of hydrogen-bond donors (Lipinski definition) is 1. The van der Waals surface area contributed by atoms with Gasteiger partial charge >= 0.3 is 7.05 Å². The van der Waals surface area contributed by atoms with Crippen LogP contribution in [0.4, 0.5) is 0 Å². The standard InChI is InChI=1S/C8H7BClNO2/c1-2-6-4-3-5-7(8(6)10)9(12)11-13/h2-5,12H,1H2. The zero-order valence-electron chi connectivity index (χ0n) is 6.77. The smallest absolute Gasteiger partial charge is 0.425 e. The number of benzene rings is 1. The summed E-state index contributed by atoms with van der Waals surface area (Å²) in [5.74, 6) is 0. The van der Waals surface area contributed by atoms with Gasteiger partial charge in [0.15, 0.2) is 0 Å².